The van der Waals surface area contributed by atoms with Gasteiger partial charge in [0.2, 0.25) is 0 Å². The van der Waals surface area contributed by atoms with Crippen LogP contribution in [0.4, 0.5) is 18.9 Å². The van der Waals surface area contributed by atoms with Gasteiger partial charge in [0.05, 0.1) is 24.4 Å². The smallest absolute Gasteiger partial charge is 0.435 e. The van der Waals surface area contributed by atoms with E-state index in [1.54, 1.807) is 12.1 Å². The van der Waals surface area contributed by atoms with Crippen molar-refractivity contribution < 1.29 is 22.7 Å². The third-order valence-corrected chi connectivity index (χ3v) is 5.23. The highest BCUT2D eigenvalue weighted by molar-refractivity contribution is 6.04. The maximum Gasteiger partial charge on any atom is 0.435 e. The molecule has 4 rings (SSSR count). The van der Waals surface area contributed by atoms with Gasteiger partial charge in [0.15, 0.2) is 11.4 Å². The Morgan fingerprint density at radius 3 is 2.57 bits per heavy atom. The fourth-order valence-corrected chi connectivity index (χ4v) is 3.66. The molecule has 0 spiro atoms. The summed E-state index contributed by atoms with van der Waals surface area (Å²) >= 11 is 0. The van der Waals surface area contributed by atoms with E-state index >= 15 is 0 Å². The number of nitrogens with one attached hydrogen (secondary N) is 1. The van der Waals surface area contributed by atoms with E-state index in [2.05, 4.69) is 20.6 Å². The van der Waals surface area contributed by atoms with Gasteiger partial charge < -0.3 is 10.1 Å². The summed E-state index contributed by atoms with van der Waals surface area (Å²) in [6.45, 7) is 0. The minimum atomic E-state index is -4.62. The van der Waals surface area contributed by atoms with Gasteiger partial charge in [-0.25, -0.2) is 0 Å². The second-order valence-corrected chi connectivity index (χ2v) is 7.27. The summed E-state index contributed by atoms with van der Waals surface area (Å²) in [4.78, 5) is 12.5. The monoisotopic (exact) mass is 419 g/mol. The Hall–Kier alpha value is -3.17. The molecular formula is C20H20F3N5O2. The Morgan fingerprint density at radius 1 is 1.17 bits per heavy atom. The normalized spacial score (nSPS) is 15.3. The van der Waals surface area contributed by atoms with Crippen molar-refractivity contribution in [1.29, 1.82) is 0 Å². The highest BCUT2D eigenvalue weighted by Crippen LogP contribution is 2.33. The lowest BCUT2D eigenvalue weighted by molar-refractivity contribution is -0.141. The first kappa shape index (κ1) is 20.1. The van der Waals surface area contributed by atoms with Crippen LogP contribution in [0, 0.1) is 0 Å². The minimum Gasteiger partial charge on any atom is -0.494 e. The molecule has 1 aliphatic carbocycles. The highest BCUT2D eigenvalue weighted by atomic mass is 19.4. The van der Waals surface area contributed by atoms with E-state index in [1.165, 1.54) is 26.4 Å². The third-order valence-electron chi connectivity index (χ3n) is 5.23. The lowest BCUT2D eigenvalue weighted by atomic mass is 9.96. The van der Waals surface area contributed by atoms with Gasteiger partial charge in [-0.15, -0.1) is 10.2 Å². The molecule has 1 saturated carbocycles. The summed E-state index contributed by atoms with van der Waals surface area (Å²) in [5, 5.41) is 14.6. The molecule has 2 heterocycles. The highest BCUT2D eigenvalue weighted by Gasteiger charge is 2.33. The molecule has 30 heavy (non-hydrogen) atoms. The number of methoxy groups -OCH3 is 1. The molecule has 158 valence electrons. The molecule has 7 nitrogen and oxygen atoms in total. The van der Waals surface area contributed by atoms with Crippen LogP contribution in [0.1, 0.15) is 54.3 Å². The molecule has 0 saturated heterocycles. The number of fused-ring (bicyclic) bond motifs is 1. The van der Waals surface area contributed by atoms with Gasteiger partial charge in [0.1, 0.15) is 5.75 Å². The van der Waals surface area contributed by atoms with E-state index in [0.717, 1.165) is 35.9 Å². The van der Waals surface area contributed by atoms with Crippen molar-refractivity contribution in [3.8, 4) is 5.75 Å². The molecule has 1 aliphatic rings. The van der Waals surface area contributed by atoms with Crippen molar-refractivity contribution in [2.45, 2.75) is 44.3 Å². The van der Waals surface area contributed by atoms with Crippen molar-refractivity contribution in [3.05, 3.63) is 41.9 Å². The van der Waals surface area contributed by atoms with E-state index in [9.17, 15) is 18.0 Å². The molecule has 1 N–H and O–H groups in total. The molecule has 0 radical (unpaired) electrons. The second-order valence-electron chi connectivity index (χ2n) is 7.27. The first-order valence-electron chi connectivity index (χ1n) is 9.64. The van der Waals surface area contributed by atoms with Crippen LogP contribution in [0.2, 0.25) is 0 Å². The van der Waals surface area contributed by atoms with Gasteiger partial charge in [-0.2, -0.15) is 18.3 Å². The quantitative estimate of drug-likeness (QED) is 0.668. The van der Waals surface area contributed by atoms with Crippen LogP contribution in [-0.4, -0.2) is 33.0 Å². The number of amides is 1. The predicted octanol–water partition coefficient (Wildman–Crippen LogP) is 4.61. The first-order chi connectivity index (χ1) is 14.3. The number of rotatable bonds is 4. The van der Waals surface area contributed by atoms with Gasteiger partial charge >= 0.3 is 6.18 Å². The van der Waals surface area contributed by atoms with Crippen LogP contribution in [-0.2, 0) is 6.18 Å². The molecular weight excluding hydrogens is 399 g/mol. The first-order valence-corrected chi connectivity index (χ1v) is 9.64. The maximum absolute atomic E-state index is 12.6. The molecule has 1 fully saturated rings. The Balaban J connectivity index is 1.58. The number of carbonyl (C=O) groups is 1. The summed E-state index contributed by atoms with van der Waals surface area (Å²) in [7, 11) is 1.47. The third kappa shape index (κ3) is 4.07. The van der Waals surface area contributed by atoms with Gasteiger partial charge in [-0.3, -0.25) is 9.48 Å². The molecule has 0 atom stereocenters. The lowest BCUT2D eigenvalue weighted by Crippen LogP contribution is -2.17. The molecule has 3 aromatic rings. The van der Waals surface area contributed by atoms with Gasteiger partial charge in [-0.05, 0) is 31.0 Å². The zero-order valence-corrected chi connectivity index (χ0v) is 16.2. The number of nitrogens with zero attached hydrogens (tertiary/aromatic N) is 4. The number of aromatic nitrogens is 4. The summed E-state index contributed by atoms with van der Waals surface area (Å²) < 4.78 is 45.2. The van der Waals surface area contributed by atoms with Crippen LogP contribution in [0.3, 0.4) is 0 Å². The molecule has 1 amide bonds. The maximum atomic E-state index is 12.6. The number of ether oxygens (including phenoxy) is 1. The topological polar surface area (TPSA) is 81.9 Å². The Labute approximate surface area is 170 Å². The minimum absolute atomic E-state index is 0.233. The Bertz CT molecular complexity index is 1060. The van der Waals surface area contributed by atoms with E-state index in [4.69, 9.17) is 4.74 Å². The van der Waals surface area contributed by atoms with Crippen LogP contribution < -0.4 is 10.1 Å². The summed E-state index contributed by atoms with van der Waals surface area (Å²) in [5.74, 6) is -0.293. The van der Waals surface area contributed by atoms with Crippen LogP contribution >= 0.6 is 0 Å². The van der Waals surface area contributed by atoms with Crippen molar-refractivity contribution in [3.63, 3.8) is 0 Å². The van der Waals surface area contributed by atoms with E-state index in [1.807, 2.05) is 10.9 Å². The van der Waals surface area contributed by atoms with Gasteiger partial charge in [0.25, 0.3) is 5.91 Å². The average Bonchev–Trinajstić information content (AvgIpc) is 3.16. The van der Waals surface area contributed by atoms with Crippen LogP contribution in [0.25, 0.3) is 10.9 Å². The fraction of sp³-hybridized carbons (Fsp3) is 0.400. The van der Waals surface area contributed by atoms with Crippen LogP contribution in [0.15, 0.2) is 30.5 Å². The van der Waals surface area contributed by atoms with Gasteiger partial charge in [0, 0.05) is 17.6 Å². The number of alkyl halides is 3. The predicted molar refractivity (Wildman–Crippen MR) is 103 cm³/mol. The largest absolute Gasteiger partial charge is 0.494 e. The molecule has 1 aromatic carbocycles. The number of benzene rings is 1. The summed E-state index contributed by atoms with van der Waals surface area (Å²) in [6, 6.07) is 5.52. The summed E-state index contributed by atoms with van der Waals surface area (Å²) in [6.07, 6.45) is 3.10. The molecule has 0 unspecified atom stereocenters. The van der Waals surface area contributed by atoms with E-state index < -0.39 is 17.8 Å². The van der Waals surface area contributed by atoms with Crippen molar-refractivity contribution >= 4 is 22.5 Å². The van der Waals surface area contributed by atoms with Crippen molar-refractivity contribution in [2.75, 3.05) is 12.4 Å². The molecule has 0 bridgehead atoms. The Morgan fingerprint density at radius 2 is 1.93 bits per heavy atom. The van der Waals surface area contributed by atoms with E-state index in [-0.39, 0.29) is 5.69 Å². The average molecular weight is 419 g/mol. The number of hydrogen-bond donors (Lipinski definition) is 1. The van der Waals surface area contributed by atoms with Gasteiger partial charge in [-0.1, -0.05) is 19.3 Å². The van der Waals surface area contributed by atoms with E-state index in [0.29, 0.717) is 17.5 Å². The second kappa shape index (κ2) is 7.92. The number of halogens is 3. The number of hydrogen-bond acceptors (Lipinski definition) is 5. The molecule has 0 aliphatic heterocycles. The fourth-order valence-electron chi connectivity index (χ4n) is 3.66. The Kier molecular flexibility index (Phi) is 5.31. The van der Waals surface area contributed by atoms with Crippen molar-refractivity contribution in [2.24, 2.45) is 0 Å². The zero-order valence-electron chi connectivity index (χ0n) is 16.2. The standard InChI is InChI=1S/C20H20F3N5O2/c1-30-17-10-15-12(11-28(27-15)13-5-3-2-4-6-13)9-16(17)24-19(29)14-7-8-18(26-25-14)20(21,22)23/h7-11,13H,2-6H2,1H3,(H,24,29). The molecule has 10 heteroatoms. The summed E-state index contributed by atoms with van der Waals surface area (Å²) in [5.41, 5.74) is -0.277. The molecule has 2 aromatic heterocycles. The zero-order chi connectivity index (χ0) is 21.3. The number of anilines is 1. The van der Waals surface area contributed by atoms with Crippen LogP contribution in [0.5, 0.6) is 5.75 Å². The number of carbonyl (C=O) groups excluding carboxylic acids is 1. The SMILES string of the molecule is COc1cc2nn(C3CCCCC3)cc2cc1NC(=O)c1ccc(C(F)(F)F)nn1. The van der Waals surface area contributed by atoms with Crippen molar-refractivity contribution in [1.82, 2.24) is 20.0 Å². The lowest BCUT2D eigenvalue weighted by Gasteiger charge is -2.21.